The van der Waals surface area contributed by atoms with Crippen LogP contribution in [0.4, 0.5) is 0 Å². The van der Waals surface area contributed by atoms with Crippen LogP contribution in [0.2, 0.25) is 0 Å². The molecule has 0 saturated carbocycles. The van der Waals surface area contributed by atoms with E-state index in [-0.39, 0.29) is 25.2 Å². The van der Waals surface area contributed by atoms with Gasteiger partial charge in [-0.15, -0.1) is 0 Å². The number of allylic oxidation sites excluding steroid dienone is 20. The molecule has 0 spiro atoms. The van der Waals surface area contributed by atoms with Gasteiger partial charge in [-0.3, -0.25) is 9.59 Å². The van der Waals surface area contributed by atoms with Gasteiger partial charge >= 0.3 is 11.9 Å². The van der Waals surface area contributed by atoms with Crippen LogP contribution >= 0.6 is 0 Å². The Morgan fingerprint density at radius 3 is 1.00 bits per heavy atom. The summed E-state index contributed by atoms with van der Waals surface area (Å²) in [7, 11) is 0. The summed E-state index contributed by atoms with van der Waals surface area (Å²) < 4.78 is 10.7. The number of unbranched alkanes of at least 4 members (excludes halogenated alkanes) is 19. The summed E-state index contributed by atoms with van der Waals surface area (Å²) in [6, 6.07) is 0. The predicted octanol–water partition coefficient (Wildman–Crippen LogP) is 17.9. The second-order valence-electron chi connectivity index (χ2n) is 17.2. The molecule has 0 amide bonds. The fourth-order valence-electron chi connectivity index (χ4n) is 7.05. The smallest absolute Gasteiger partial charge is 0.306 e. The molecule has 0 aliphatic heterocycles. The van der Waals surface area contributed by atoms with Gasteiger partial charge in [0.15, 0.2) is 6.10 Å². The van der Waals surface area contributed by atoms with Crippen molar-refractivity contribution in [3.63, 3.8) is 0 Å². The Hall–Kier alpha value is -3.70. The molecular formula is C60H98O5. The number of esters is 2. The molecular weight excluding hydrogens is 801 g/mol. The van der Waals surface area contributed by atoms with Gasteiger partial charge in [0.2, 0.25) is 0 Å². The van der Waals surface area contributed by atoms with E-state index in [1.807, 2.05) is 0 Å². The molecule has 0 aliphatic rings. The second kappa shape index (κ2) is 54.6. The first-order valence-electron chi connectivity index (χ1n) is 26.6. The highest BCUT2D eigenvalue weighted by Crippen LogP contribution is 2.15. The van der Waals surface area contributed by atoms with Gasteiger partial charge in [-0.05, 0) is 89.9 Å². The first-order chi connectivity index (χ1) is 32.1. The predicted molar refractivity (Wildman–Crippen MR) is 283 cm³/mol. The SMILES string of the molecule is CC/C=C\C/C=C\C/C=C\C/C=C\C/C=C\C/C=C\C/C=C\C/C=C\C/C=C\C/C=C\CCCCCCC(=O)OC(CO)COC(=O)CCCCCCCCCCCCCCCCCC. The number of hydrogen-bond acceptors (Lipinski definition) is 5. The third kappa shape index (κ3) is 52.8. The lowest BCUT2D eigenvalue weighted by molar-refractivity contribution is -0.161. The van der Waals surface area contributed by atoms with Crippen molar-refractivity contribution in [2.45, 2.75) is 232 Å². The van der Waals surface area contributed by atoms with E-state index >= 15 is 0 Å². The van der Waals surface area contributed by atoms with E-state index in [1.54, 1.807) is 0 Å². The molecule has 0 bridgehead atoms. The van der Waals surface area contributed by atoms with Gasteiger partial charge in [0.25, 0.3) is 0 Å². The van der Waals surface area contributed by atoms with Crippen LogP contribution in [-0.2, 0) is 19.1 Å². The monoisotopic (exact) mass is 899 g/mol. The molecule has 0 aromatic rings. The van der Waals surface area contributed by atoms with Crippen LogP contribution < -0.4 is 0 Å². The van der Waals surface area contributed by atoms with Gasteiger partial charge in [0, 0.05) is 12.8 Å². The van der Waals surface area contributed by atoms with Crippen molar-refractivity contribution in [2.75, 3.05) is 13.2 Å². The van der Waals surface area contributed by atoms with E-state index in [4.69, 9.17) is 9.47 Å². The number of carbonyl (C=O) groups is 2. The Bertz CT molecular complexity index is 1340. The molecule has 0 saturated heterocycles. The topological polar surface area (TPSA) is 72.8 Å². The van der Waals surface area contributed by atoms with Gasteiger partial charge < -0.3 is 14.6 Å². The summed E-state index contributed by atoms with van der Waals surface area (Å²) in [4.78, 5) is 24.4. The third-order valence-electron chi connectivity index (χ3n) is 11.0. The minimum absolute atomic E-state index is 0.0808. The number of aliphatic hydroxyl groups is 1. The van der Waals surface area contributed by atoms with Crippen molar-refractivity contribution < 1.29 is 24.2 Å². The molecule has 368 valence electrons. The summed E-state index contributed by atoms with van der Waals surface area (Å²) in [6.45, 7) is 4.01. The second-order valence-corrected chi connectivity index (χ2v) is 17.2. The first kappa shape index (κ1) is 61.3. The molecule has 0 rings (SSSR count). The van der Waals surface area contributed by atoms with Crippen molar-refractivity contribution in [1.82, 2.24) is 0 Å². The van der Waals surface area contributed by atoms with Crippen LogP contribution in [0, 0.1) is 0 Å². The lowest BCUT2D eigenvalue weighted by Gasteiger charge is -2.15. The van der Waals surface area contributed by atoms with Crippen LogP contribution in [0.25, 0.3) is 0 Å². The van der Waals surface area contributed by atoms with E-state index in [0.717, 1.165) is 116 Å². The molecule has 1 N–H and O–H groups in total. The lowest BCUT2D eigenvalue weighted by atomic mass is 10.0. The zero-order chi connectivity index (χ0) is 47.0. The van der Waals surface area contributed by atoms with Crippen LogP contribution in [0.3, 0.4) is 0 Å². The summed E-state index contributed by atoms with van der Waals surface area (Å²) in [6.07, 6.45) is 80.1. The maximum atomic E-state index is 12.3. The van der Waals surface area contributed by atoms with E-state index in [2.05, 4.69) is 135 Å². The zero-order valence-corrected chi connectivity index (χ0v) is 42.0. The fraction of sp³-hybridized carbons (Fsp3) is 0.633. The quantitative estimate of drug-likeness (QED) is 0.0374. The van der Waals surface area contributed by atoms with Crippen molar-refractivity contribution in [3.8, 4) is 0 Å². The minimum atomic E-state index is -0.792. The molecule has 5 heteroatoms. The fourth-order valence-corrected chi connectivity index (χ4v) is 7.05. The molecule has 0 aliphatic carbocycles. The number of ether oxygens (including phenoxy) is 2. The minimum Gasteiger partial charge on any atom is -0.462 e. The maximum Gasteiger partial charge on any atom is 0.306 e. The van der Waals surface area contributed by atoms with Crippen LogP contribution in [0.1, 0.15) is 226 Å². The summed E-state index contributed by atoms with van der Waals surface area (Å²) >= 11 is 0. The molecule has 0 radical (unpaired) electrons. The van der Waals surface area contributed by atoms with Gasteiger partial charge in [0.1, 0.15) is 6.61 Å². The lowest BCUT2D eigenvalue weighted by Crippen LogP contribution is -2.28. The Labute approximate surface area is 401 Å². The van der Waals surface area contributed by atoms with Crippen molar-refractivity contribution >= 4 is 11.9 Å². The average molecular weight is 899 g/mol. The van der Waals surface area contributed by atoms with Gasteiger partial charge in [-0.25, -0.2) is 0 Å². The van der Waals surface area contributed by atoms with Crippen LogP contribution in [-0.4, -0.2) is 36.4 Å². The Balaban J connectivity index is 3.65. The Morgan fingerprint density at radius 1 is 0.369 bits per heavy atom. The standard InChI is InChI=1S/C60H98O5/c1-3-5-7-9-11-13-15-17-19-21-22-23-24-25-26-27-28-29-30-31-32-33-34-35-36-37-38-39-41-43-45-47-49-51-53-55-60(63)65-58(56-61)57-64-59(62)54-52-50-48-46-44-42-40-20-18-16-14-12-10-8-6-4-2/h5,7,11,13,17,19,22-23,25-26,28-29,31-32,34-35,37-38,41,43,58,61H,3-4,6,8-10,12,14-16,18,20-21,24,27,30,33,36,39-40,42,44-57H2,1-2H3/b7-5-,13-11-,19-17-,23-22-,26-25-,29-28-,32-31-,35-34-,38-37-,43-41-. The number of carbonyl (C=O) groups excluding carboxylic acids is 2. The molecule has 0 aromatic carbocycles. The van der Waals surface area contributed by atoms with Crippen molar-refractivity contribution in [3.05, 3.63) is 122 Å². The van der Waals surface area contributed by atoms with E-state index < -0.39 is 6.10 Å². The highest BCUT2D eigenvalue weighted by atomic mass is 16.6. The molecule has 5 nitrogen and oxygen atoms in total. The molecule has 0 fully saturated rings. The Kier molecular flexibility index (Phi) is 51.5. The summed E-state index contributed by atoms with van der Waals surface area (Å²) in [5.41, 5.74) is 0. The number of aliphatic hydroxyl groups excluding tert-OH is 1. The van der Waals surface area contributed by atoms with E-state index in [0.29, 0.717) is 12.8 Å². The number of rotatable bonds is 47. The van der Waals surface area contributed by atoms with Gasteiger partial charge in [-0.2, -0.15) is 0 Å². The van der Waals surface area contributed by atoms with Crippen LogP contribution in [0.5, 0.6) is 0 Å². The molecule has 0 heterocycles. The zero-order valence-electron chi connectivity index (χ0n) is 42.0. The summed E-state index contributed by atoms with van der Waals surface area (Å²) in [5, 5.41) is 9.62. The van der Waals surface area contributed by atoms with Gasteiger partial charge in [-0.1, -0.05) is 245 Å². The van der Waals surface area contributed by atoms with Gasteiger partial charge in [0.05, 0.1) is 6.61 Å². The van der Waals surface area contributed by atoms with E-state index in [9.17, 15) is 14.7 Å². The largest absolute Gasteiger partial charge is 0.462 e. The molecule has 0 aromatic heterocycles. The van der Waals surface area contributed by atoms with Crippen LogP contribution in [0.15, 0.2) is 122 Å². The van der Waals surface area contributed by atoms with E-state index in [1.165, 1.54) is 83.5 Å². The highest BCUT2D eigenvalue weighted by Gasteiger charge is 2.16. The summed E-state index contributed by atoms with van der Waals surface area (Å²) in [5.74, 6) is -0.622. The highest BCUT2D eigenvalue weighted by molar-refractivity contribution is 5.70. The average Bonchev–Trinajstić information content (AvgIpc) is 3.31. The molecule has 65 heavy (non-hydrogen) atoms. The third-order valence-corrected chi connectivity index (χ3v) is 11.0. The van der Waals surface area contributed by atoms with Crippen molar-refractivity contribution in [1.29, 1.82) is 0 Å². The molecule has 1 unspecified atom stereocenters. The first-order valence-corrected chi connectivity index (χ1v) is 26.6. The Morgan fingerprint density at radius 2 is 0.662 bits per heavy atom. The number of hydrogen-bond donors (Lipinski definition) is 1. The van der Waals surface area contributed by atoms with Crippen molar-refractivity contribution in [2.24, 2.45) is 0 Å². The maximum absolute atomic E-state index is 12.3. The molecule has 1 atom stereocenters. The normalized spacial score (nSPS) is 13.2.